The molecule has 7 heteroatoms. The van der Waals surface area contributed by atoms with Gasteiger partial charge >= 0.3 is 0 Å². The third kappa shape index (κ3) is 8.11. The number of nitrogens with zero attached hydrogens (tertiary/aromatic N) is 1. The van der Waals surface area contributed by atoms with Crippen LogP contribution in [0.4, 0.5) is 0 Å². The van der Waals surface area contributed by atoms with E-state index in [0.717, 1.165) is 23.9 Å². The summed E-state index contributed by atoms with van der Waals surface area (Å²) in [6.07, 6.45) is 1.64. The Morgan fingerprint density at radius 2 is 2.09 bits per heavy atom. The first kappa shape index (κ1) is 17.8. The van der Waals surface area contributed by atoms with Crippen LogP contribution in [0, 0.1) is 17.0 Å². The number of methoxy groups -OCH3 is 1. The smallest absolute Gasteiger partial charge is 0.274 e. The molecule has 0 heterocycles. The largest absolute Gasteiger partial charge is 0.494 e. The fraction of sp³-hybridized carbons (Fsp3) is 0.467. The van der Waals surface area contributed by atoms with E-state index in [0.29, 0.717) is 32.1 Å². The second-order valence-corrected chi connectivity index (χ2v) is 4.69. The zero-order chi connectivity index (χ0) is 16.2. The number of hydrogen-bond donors (Lipinski definition) is 2. The van der Waals surface area contributed by atoms with Gasteiger partial charge in [0.15, 0.2) is 5.82 Å². The molecule has 0 spiro atoms. The highest BCUT2D eigenvalue weighted by Gasteiger charge is 2.02. The van der Waals surface area contributed by atoms with E-state index in [1.165, 1.54) is 0 Å². The van der Waals surface area contributed by atoms with Crippen molar-refractivity contribution in [1.29, 1.82) is 0 Å². The number of nitrogens with one attached hydrogen (secondary N) is 2. The van der Waals surface area contributed by atoms with Crippen LogP contribution < -0.4 is 15.4 Å². The van der Waals surface area contributed by atoms with Gasteiger partial charge in [-0.2, -0.15) is 0 Å². The van der Waals surface area contributed by atoms with Gasteiger partial charge in [-0.3, -0.25) is 10.1 Å². The van der Waals surface area contributed by atoms with Crippen molar-refractivity contribution in [3.63, 3.8) is 0 Å². The SMILES string of the molecule is COCCNC(=C[N+](=O)[O-])NCCCOc1cccc(C)c1. The van der Waals surface area contributed by atoms with Crippen molar-refractivity contribution in [3.05, 3.63) is 52.0 Å². The van der Waals surface area contributed by atoms with Crippen LogP contribution >= 0.6 is 0 Å². The van der Waals surface area contributed by atoms with Gasteiger partial charge in [0, 0.05) is 20.2 Å². The zero-order valence-electron chi connectivity index (χ0n) is 13.0. The van der Waals surface area contributed by atoms with Gasteiger partial charge in [-0.25, -0.2) is 0 Å². The fourth-order valence-electron chi connectivity index (χ4n) is 1.74. The summed E-state index contributed by atoms with van der Waals surface area (Å²) in [5, 5.41) is 16.4. The molecule has 0 aromatic heterocycles. The van der Waals surface area contributed by atoms with Crippen LogP contribution in [0.5, 0.6) is 5.75 Å². The third-order valence-corrected chi connectivity index (χ3v) is 2.75. The Labute approximate surface area is 130 Å². The van der Waals surface area contributed by atoms with Crippen LogP contribution in [0.15, 0.2) is 36.3 Å². The fourth-order valence-corrected chi connectivity index (χ4v) is 1.74. The number of nitro groups is 1. The lowest BCUT2D eigenvalue weighted by atomic mass is 10.2. The summed E-state index contributed by atoms with van der Waals surface area (Å²) in [5.74, 6) is 1.21. The summed E-state index contributed by atoms with van der Waals surface area (Å²) in [7, 11) is 1.58. The minimum atomic E-state index is -0.495. The van der Waals surface area contributed by atoms with E-state index in [1.54, 1.807) is 7.11 Å². The summed E-state index contributed by atoms with van der Waals surface area (Å²) >= 11 is 0. The van der Waals surface area contributed by atoms with Crippen molar-refractivity contribution in [2.24, 2.45) is 0 Å². The van der Waals surface area contributed by atoms with Crippen LogP contribution in [-0.4, -0.2) is 38.3 Å². The van der Waals surface area contributed by atoms with E-state index in [9.17, 15) is 10.1 Å². The maximum atomic E-state index is 10.5. The van der Waals surface area contributed by atoms with Crippen molar-refractivity contribution < 1.29 is 14.4 Å². The van der Waals surface area contributed by atoms with Gasteiger partial charge in [0.2, 0.25) is 0 Å². The predicted molar refractivity (Wildman–Crippen MR) is 84.2 cm³/mol. The molecule has 0 fully saturated rings. The number of rotatable bonds is 11. The highest BCUT2D eigenvalue weighted by molar-refractivity contribution is 5.27. The first-order valence-electron chi connectivity index (χ1n) is 7.13. The second kappa shape index (κ2) is 10.4. The molecular formula is C15H23N3O4. The number of hydrogen-bond acceptors (Lipinski definition) is 6. The van der Waals surface area contributed by atoms with Gasteiger partial charge in [-0.15, -0.1) is 0 Å². The molecular weight excluding hydrogens is 286 g/mol. The van der Waals surface area contributed by atoms with E-state index in [4.69, 9.17) is 9.47 Å². The molecule has 0 amide bonds. The van der Waals surface area contributed by atoms with Crippen molar-refractivity contribution >= 4 is 0 Å². The summed E-state index contributed by atoms with van der Waals surface area (Å²) < 4.78 is 10.5. The third-order valence-electron chi connectivity index (χ3n) is 2.75. The maximum absolute atomic E-state index is 10.5. The lowest BCUT2D eigenvalue weighted by molar-refractivity contribution is -0.404. The van der Waals surface area contributed by atoms with Gasteiger partial charge in [0.25, 0.3) is 6.20 Å². The minimum absolute atomic E-state index is 0.373. The molecule has 1 rings (SSSR count). The van der Waals surface area contributed by atoms with E-state index in [1.807, 2.05) is 31.2 Å². The molecule has 0 atom stereocenters. The summed E-state index contributed by atoms with van der Waals surface area (Å²) in [6, 6.07) is 7.83. The highest BCUT2D eigenvalue weighted by Crippen LogP contribution is 2.12. The Balaban J connectivity index is 2.26. The van der Waals surface area contributed by atoms with Crippen LogP contribution in [0.25, 0.3) is 0 Å². The Bertz CT molecular complexity index is 491. The molecule has 22 heavy (non-hydrogen) atoms. The standard InChI is InChI=1S/C15H23N3O4/c1-13-5-3-6-14(11-13)22-9-4-7-16-15(12-18(19)20)17-8-10-21-2/h3,5-6,11-12,16-17H,4,7-10H2,1-2H3. The number of ether oxygens (including phenoxy) is 2. The molecule has 0 saturated carbocycles. The maximum Gasteiger partial charge on any atom is 0.274 e. The molecule has 0 saturated heterocycles. The predicted octanol–water partition coefficient (Wildman–Crippen LogP) is 1.67. The Kier molecular flexibility index (Phi) is 8.44. The molecule has 0 radical (unpaired) electrons. The van der Waals surface area contributed by atoms with Gasteiger partial charge in [-0.1, -0.05) is 12.1 Å². The van der Waals surface area contributed by atoms with Gasteiger partial charge < -0.3 is 20.1 Å². The van der Waals surface area contributed by atoms with E-state index < -0.39 is 4.92 Å². The minimum Gasteiger partial charge on any atom is -0.494 e. The summed E-state index contributed by atoms with van der Waals surface area (Å²) in [6.45, 7) is 4.11. The van der Waals surface area contributed by atoms with Crippen LogP contribution in [0.2, 0.25) is 0 Å². The molecule has 0 aliphatic rings. The topological polar surface area (TPSA) is 85.7 Å². The second-order valence-electron chi connectivity index (χ2n) is 4.69. The average molecular weight is 309 g/mol. The Hall–Kier alpha value is -2.28. The highest BCUT2D eigenvalue weighted by atomic mass is 16.6. The van der Waals surface area contributed by atoms with Crippen LogP contribution in [-0.2, 0) is 4.74 Å². The Morgan fingerprint density at radius 1 is 1.32 bits per heavy atom. The molecule has 7 nitrogen and oxygen atoms in total. The van der Waals surface area contributed by atoms with Crippen molar-refractivity contribution in [2.45, 2.75) is 13.3 Å². The molecule has 0 unspecified atom stereocenters. The summed E-state index contributed by atoms with van der Waals surface area (Å²) in [5.41, 5.74) is 1.15. The molecule has 1 aromatic carbocycles. The van der Waals surface area contributed by atoms with E-state index >= 15 is 0 Å². The lowest BCUT2D eigenvalue weighted by Gasteiger charge is -2.11. The number of aryl methyl sites for hydroxylation is 1. The van der Waals surface area contributed by atoms with E-state index in [-0.39, 0.29) is 0 Å². The van der Waals surface area contributed by atoms with Crippen molar-refractivity contribution in [1.82, 2.24) is 10.6 Å². The molecule has 0 aliphatic heterocycles. The average Bonchev–Trinajstić information content (AvgIpc) is 2.46. The van der Waals surface area contributed by atoms with Gasteiger partial charge in [0.05, 0.1) is 18.1 Å². The number of benzene rings is 1. The van der Waals surface area contributed by atoms with Crippen LogP contribution in [0.1, 0.15) is 12.0 Å². The normalized spacial score (nSPS) is 11.1. The van der Waals surface area contributed by atoms with Crippen LogP contribution in [0.3, 0.4) is 0 Å². The van der Waals surface area contributed by atoms with Gasteiger partial charge in [0.1, 0.15) is 5.75 Å². The monoisotopic (exact) mass is 309 g/mol. The van der Waals surface area contributed by atoms with Crippen molar-refractivity contribution in [3.8, 4) is 5.75 Å². The quantitative estimate of drug-likeness (QED) is 0.367. The molecule has 0 bridgehead atoms. The first-order valence-corrected chi connectivity index (χ1v) is 7.13. The molecule has 2 N–H and O–H groups in total. The lowest BCUT2D eigenvalue weighted by Crippen LogP contribution is -2.30. The van der Waals surface area contributed by atoms with Crippen molar-refractivity contribution in [2.75, 3.05) is 33.4 Å². The molecule has 1 aromatic rings. The Morgan fingerprint density at radius 3 is 2.77 bits per heavy atom. The molecule has 0 aliphatic carbocycles. The zero-order valence-corrected chi connectivity index (χ0v) is 13.0. The van der Waals surface area contributed by atoms with E-state index in [2.05, 4.69) is 10.6 Å². The molecule has 122 valence electrons. The van der Waals surface area contributed by atoms with Gasteiger partial charge in [-0.05, 0) is 31.0 Å². The first-order chi connectivity index (χ1) is 10.6. The summed E-state index contributed by atoms with van der Waals surface area (Å²) in [4.78, 5) is 10.0.